The van der Waals surface area contributed by atoms with E-state index in [1.807, 2.05) is 21.1 Å². The average Bonchev–Trinajstić information content (AvgIpc) is 3.43. The number of carbonyl (C=O) groups is 3. The van der Waals surface area contributed by atoms with Gasteiger partial charge in [-0.3, -0.25) is 9.59 Å². The number of unbranched alkanes of at least 4 members (excludes halogenated alkanes) is 35. The van der Waals surface area contributed by atoms with E-state index in [0.29, 0.717) is 17.4 Å². The molecule has 9 nitrogen and oxygen atoms in total. The Morgan fingerprint density at radius 1 is 0.388 bits per heavy atom. The number of hydrogen-bond acceptors (Lipinski definition) is 7. The fraction of sp³-hybridized carbons (Fsp3) is 0.789. The van der Waals surface area contributed by atoms with Gasteiger partial charge in [0.25, 0.3) is 6.29 Å². The van der Waals surface area contributed by atoms with Crippen LogP contribution >= 0.6 is 0 Å². The van der Waals surface area contributed by atoms with Gasteiger partial charge in [0, 0.05) is 12.8 Å². The minimum atomic E-state index is -1.51. The van der Waals surface area contributed by atoms with Gasteiger partial charge in [0.05, 0.1) is 34.4 Å². The first-order valence-corrected chi connectivity index (χ1v) is 33.6. The maximum atomic E-state index is 12.9. The van der Waals surface area contributed by atoms with Crippen molar-refractivity contribution in [1.82, 2.24) is 0 Å². The zero-order chi connectivity index (χ0) is 58.3. The number of allylic oxidation sites excluding steroid dienone is 12. The van der Waals surface area contributed by atoms with Crippen LogP contribution in [0.2, 0.25) is 0 Å². The third-order valence-corrected chi connectivity index (χ3v) is 14.7. The molecular weight excluding hydrogens is 995 g/mol. The molecule has 0 saturated carbocycles. The highest BCUT2D eigenvalue weighted by Crippen LogP contribution is 2.18. The zero-order valence-electron chi connectivity index (χ0n) is 53.0. The van der Waals surface area contributed by atoms with E-state index in [0.717, 1.165) is 77.0 Å². The molecular formula is C71H128NO8+. The molecule has 0 bridgehead atoms. The van der Waals surface area contributed by atoms with Crippen molar-refractivity contribution >= 4 is 17.9 Å². The van der Waals surface area contributed by atoms with Crippen LogP contribution in [0.4, 0.5) is 0 Å². The Kier molecular flexibility index (Phi) is 59.3. The van der Waals surface area contributed by atoms with Crippen LogP contribution in [0.5, 0.6) is 0 Å². The molecule has 464 valence electrons. The van der Waals surface area contributed by atoms with E-state index in [-0.39, 0.29) is 38.2 Å². The van der Waals surface area contributed by atoms with Gasteiger partial charge in [0.1, 0.15) is 13.2 Å². The molecule has 0 aromatic carbocycles. The van der Waals surface area contributed by atoms with Crippen molar-refractivity contribution in [3.05, 3.63) is 72.9 Å². The molecule has 0 aromatic rings. The standard InChI is InChI=1S/C71H127NO8/c1-6-8-10-12-14-16-18-20-22-24-25-26-27-28-29-30-31-32-33-34-35-36-37-38-39-40-41-42-43-44-45-46-48-50-52-54-56-58-60-62-69(74)80-67(66-79-71(70(75)76)77-64-63-72(3,4)5)65-78-68(73)61-59-57-55-53-51-49-47-23-21-19-17-15-13-11-9-7-2/h8,10,14,16,20,22,25-26,28-29,31-32,67,71H,6-7,9,11-13,15,17-19,21,23-24,27,30,33-66H2,1-5H3/p+1/b10-8-,16-14-,22-20-,26-25-,29-28-,32-31-. The molecule has 0 amide bonds. The van der Waals surface area contributed by atoms with Gasteiger partial charge in [-0.25, -0.2) is 4.79 Å². The van der Waals surface area contributed by atoms with Gasteiger partial charge < -0.3 is 28.5 Å². The molecule has 0 aliphatic rings. The van der Waals surface area contributed by atoms with Gasteiger partial charge >= 0.3 is 17.9 Å². The van der Waals surface area contributed by atoms with Crippen molar-refractivity contribution in [2.75, 3.05) is 47.5 Å². The molecule has 0 radical (unpaired) electrons. The number of carboxylic acids is 1. The van der Waals surface area contributed by atoms with E-state index < -0.39 is 18.4 Å². The van der Waals surface area contributed by atoms with Crippen molar-refractivity contribution in [3.63, 3.8) is 0 Å². The SMILES string of the molecule is CC/C=C\C/C=C\C/C=C\C/C=C\C/C=C\C/C=C\CCCCCCCCCCCCCCCCCCCCCCC(=O)OC(COC(=O)CCCCCCCCCCCCCCCCCC)COC(OCC[N+](C)(C)C)C(=O)O. The highest BCUT2D eigenvalue weighted by Gasteiger charge is 2.25. The van der Waals surface area contributed by atoms with Gasteiger partial charge in [-0.05, 0) is 64.2 Å². The summed E-state index contributed by atoms with van der Waals surface area (Å²) in [7, 11) is 5.98. The lowest BCUT2D eigenvalue weighted by Gasteiger charge is -2.25. The number of esters is 2. The molecule has 0 aliphatic heterocycles. The minimum Gasteiger partial charge on any atom is -0.477 e. The predicted molar refractivity (Wildman–Crippen MR) is 341 cm³/mol. The third-order valence-electron chi connectivity index (χ3n) is 14.7. The van der Waals surface area contributed by atoms with E-state index in [1.165, 1.54) is 199 Å². The molecule has 0 heterocycles. The van der Waals surface area contributed by atoms with Gasteiger partial charge in [-0.15, -0.1) is 0 Å². The number of ether oxygens (including phenoxy) is 4. The summed E-state index contributed by atoms with van der Waals surface area (Å²) in [5.74, 6) is -1.98. The summed E-state index contributed by atoms with van der Waals surface area (Å²) in [5, 5.41) is 9.72. The summed E-state index contributed by atoms with van der Waals surface area (Å²) in [6, 6.07) is 0. The lowest BCUT2D eigenvalue weighted by atomic mass is 10.0. The summed E-state index contributed by atoms with van der Waals surface area (Å²) in [6.45, 7) is 4.80. The van der Waals surface area contributed by atoms with Crippen molar-refractivity contribution in [2.24, 2.45) is 0 Å². The third kappa shape index (κ3) is 62.3. The molecule has 0 aromatic heterocycles. The maximum absolute atomic E-state index is 12.9. The van der Waals surface area contributed by atoms with Gasteiger partial charge in [-0.2, -0.15) is 0 Å². The number of quaternary nitrogens is 1. The summed E-state index contributed by atoms with van der Waals surface area (Å²) in [5.41, 5.74) is 0. The van der Waals surface area contributed by atoms with Gasteiger partial charge in [-0.1, -0.05) is 299 Å². The Labute approximate surface area is 494 Å². The maximum Gasteiger partial charge on any atom is 0.361 e. The Morgan fingerprint density at radius 3 is 1.06 bits per heavy atom. The van der Waals surface area contributed by atoms with Crippen molar-refractivity contribution in [3.8, 4) is 0 Å². The highest BCUT2D eigenvalue weighted by molar-refractivity contribution is 5.71. The van der Waals surface area contributed by atoms with Crippen molar-refractivity contribution < 1.29 is 42.9 Å². The number of rotatable bonds is 62. The second-order valence-corrected chi connectivity index (χ2v) is 23.8. The second-order valence-electron chi connectivity index (χ2n) is 23.8. The topological polar surface area (TPSA) is 108 Å². The molecule has 0 fully saturated rings. The number of likely N-dealkylation sites (N-methyl/N-ethyl adjacent to an activating group) is 1. The number of nitrogens with zero attached hydrogens (tertiary/aromatic N) is 1. The fourth-order valence-corrected chi connectivity index (χ4v) is 9.61. The number of hydrogen-bond donors (Lipinski definition) is 1. The molecule has 1 N–H and O–H groups in total. The van der Waals surface area contributed by atoms with E-state index in [4.69, 9.17) is 18.9 Å². The first kappa shape index (κ1) is 76.7. The van der Waals surface area contributed by atoms with Crippen LogP contribution < -0.4 is 0 Å². The molecule has 9 heteroatoms. The summed E-state index contributed by atoms with van der Waals surface area (Å²) < 4.78 is 22.9. The van der Waals surface area contributed by atoms with E-state index in [2.05, 4.69) is 86.8 Å². The highest BCUT2D eigenvalue weighted by atomic mass is 16.7. The Hall–Kier alpha value is -3.27. The van der Waals surface area contributed by atoms with E-state index in [9.17, 15) is 19.5 Å². The Morgan fingerprint density at radius 2 is 0.713 bits per heavy atom. The first-order chi connectivity index (χ1) is 39.1. The normalized spacial score (nSPS) is 13.2. The summed E-state index contributed by atoms with van der Waals surface area (Å²) in [6.07, 6.45) is 78.7. The van der Waals surface area contributed by atoms with Gasteiger partial charge in [0.2, 0.25) is 0 Å². The van der Waals surface area contributed by atoms with Crippen LogP contribution in [0, 0.1) is 0 Å². The number of carboxylic acid groups (broad SMARTS) is 1. The summed E-state index contributed by atoms with van der Waals surface area (Å²) in [4.78, 5) is 37.5. The monoisotopic (exact) mass is 1120 g/mol. The smallest absolute Gasteiger partial charge is 0.361 e. The molecule has 2 atom stereocenters. The van der Waals surface area contributed by atoms with Crippen LogP contribution in [0.25, 0.3) is 0 Å². The first-order valence-electron chi connectivity index (χ1n) is 33.6. The lowest BCUT2D eigenvalue weighted by molar-refractivity contribution is -0.870. The van der Waals surface area contributed by atoms with Gasteiger partial charge in [0.15, 0.2) is 6.10 Å². The zero-order valence-corrected chi connectivity index (χ0v) is 53.0. The molecule has 0 rings (SSSR count). The van der Waals surface area contributed by atoms with Crippen LogP contribution in [-0.4, -0.2) is 87.4 Å². The quantitative estimate of drug-likeness (QED) is 0.0211. The summed E-state index contributed by atoms with van der Waals surface area (Å²) >= 11 is 0. The van der Waals surface area contributed by atoms with Crippen LogP contribution in [0.1, 0.15) is 303 Å². The fourth-order valence-electron chi connectivity index (χ4n) is 9.61. The molecule has 2 unspecified atom stereocenters. The Balaban J connectivity index is 4.00. The van der Waals surface area contributed by atoms with Crippen LogP contribution in [-0.2, 0) is 33.3 Å². The largest absolute Gasteiger partial charge is 0.477 e. The minimum absolute atomic E-state index is 0.177. The molecule has 0 aliphatic carbocycles. The predicted octanol–water partition coefficient (Wildman–Crippen LogP) is 20.5. The Bertz CT molecular complexity index is 1540. The van der Waals surface area contributed by atoms with Crippen molar-refractivity contribution in [1.29, 1.82) is 0 Å². The number of aliphatic carboxylic acids is 1. The lowest BCUT2D eigenvalue weighted by Crippen LogP contribution is -2.40. The molecule has 80 heavy (non-hydrogen) atoms. The second kappa shape index (κ2) is 61.8. The molecule has 0 saturated heterocycles. The molecule has 0 spiro atoms. The van der Waals surface area contributed by atoms with E-state index in [1.54, 1.807) is 0 Å². The number of carbonyl (C=O) groups excluding carboxylic acids is 2. The van der Waals surface area contributed by atoms with Crippen LogP contribution in [0.15, 0.2) is 72.9 Å². The average molecular weight is 1120 g/mol. The van der Waals surface area contributed by atoms with Crippen LogP contribution in [0.3, 0.4) is 0 Å². The van der Waals surface area contributed by atoms with Crippen molar-refractivity contribution in [2.45, 2.75) is 315 Å². The van der Waals surface area contributed by atoms with E-state index >= 15 is 0 Å².